The van der Waals surface area contributed by atoms with Gasteiger partial charge in [0.1, 0.15) is 11.5 Å². The van der Waals surface area contributed by atoms with Gasteiger partial charge in [-0.3, -0.25) is 0 Å². The van der Waals surface area contributed by atoms with Crippen LogP contribution in [0.5, 0.6) is 11.5 Å². The molecule has 0 radical (unpaired) electrons. The van der Waals surface area contributed by atoms with E-state index >= 15 is 0 Å². The highest BCUT2D eigenvalue weighted by Crippen LogP contribution is 2.23. The summed E-state index contributed by atoms with van der Waals surface area (Å²) in [5, 5.41) is 0. The van der Waals surface area contributed by atoms with Gasteiger partial charge >= 0.3 is 5.97 Å². The third kappa shape index (κ3) is 3.98. The third-order valence-electron chi connectivity index (χ3n) is 2.01. The molecule has 0 unspecified atom stereocenters. The fourth-order valence-corrected chi connectivity index (χ4v) is 1.40. The van der Waals surface area contributed by atoms with Gasteiger partial charge in [-0.2, -0.15) is 0 Å². The van der Waals surface area contributed by atoms with Gasteiger partial charge in [0.15, 0.2) is 0 Å². The molecule has 4 nitrogen and oxygen atoms in total. The normalized spacial score (nSPS) is 9.82. The van der Waals surface area contributed by atoms with Crippen LogP contribution < -0.4 is 9.47 Å². The topological polar surface area (TPSA) is 44.8 Å². The molecule has 0 bridgehead atoms. The van der Waals surface area contributed by atoms with Crippen LogP contribution in [0.15, 0.2) is 18.2 Å². The number of ether oxygens (including phenoxy) is 3. The van der Waals surface area contributed by atoms with E-state index in [2.05, 4.69) is 0 Å². The Kier molecular flexibility index (Phi) is 5.33. The molecule has 0 N–H and O–H groups in total. The molecule has 4 heteroatoms. The van der Waals surface area contributed by atoms with E-state index in [0.717, 1.165) is 0 Å². The smallest absolute Gasteiger partial charge is 0.338 e. The molecular formula is C13H18O4. The molecule has 0 atom stereocenters. The highest BCUT2D eigenvalue weighted by Gasteiger charge is 2.10. The molecule has 0 aromatic heterocycles. The standard InChI is InChI=1S/C13H18O4/c1-4-15-11-7-10(13(14)17-6-3)8-12(9-11)16-5-2/h7-9H,4-6H2,1-3H3. The summed E-state index contributed by atoms with van der Waals surface area (Å²) in [6.07, 6.45) is 0. The summed E-state index contributed by atoms with van der Waals surface area (Å²) >= 11 is 0. The molecule has 17 heavy (non-hydrogen) atoms. The SMILES string of the molecule is CCOC(=O)c1cc(OCC)cc(OCC)c1. The molecule has 0 spiro atoms. The van der Waals surface area contributed by atoms with E-state index in [1.54, 1.807) is 25.1 Å². The fraction of sp³-hybridized carbons (Fsp3) is 0.462. The molecule has 1 aromatic carbocycles. The molecule has 94 valence electrons. The van der Waals surface area contributed by atoms with Crippen molar-refractivity contribution in [2.24, 2.45) is 0 Å². The Morgan fingerprint density at radius 3 is 1.88 bits per heavy atom. The number of carbonyl (C=O) groups is 1. The van der Waals surface area contributed by atoms with Gasteiger partial charge in [0.05, 0.1) is 25.4 Å². The van der Waals surface area contributed by atoms with Crippen molar-refractivity contribution in [2.75, 3.05) is 19.8 Å². The van der Waals surface area contributed by atoms with Crippen molar-refractivity contribution in [3.05, 3.63) is 23.8 Å². The maximum Gasteiger partial charge on any atom is 0.338 e. The lowest BCUT2D eigenvalue weighted by atomic mass is 10.2. The summed E-state index contributed by atoms with van der Waals surface area (Å²) in [6, 6.07) is 5.07. The molecule has 0 amide bonds. The monoisotopic (exact) mass is 238 g/mol. The lowest BCUT2D eigenvalue weighted by Gasteiger charge is -2.10. The fourth-order valence-electron chi connectivity index (χ4n) is 1.40. The van der Waals surface area contributed by atoms with Crippen molar-refractivity contribution in [3.8, 4) is 11.5 Å². The Bertz CT molecular complexity index is 349. The molecular weight excluding hydrogens is 220 g/mol. The van der Waals surface area contributed by atoms with Crippen LogP contribution in [-0.4, -0.2) is 25.8 Å². The average molecular weight is 238 g/mol. The second kappa shape index (κ2) is 6.78. The molecule has 0 saturated heterocycles. The Morgan fingerprint density at radius 1 is 0.941 bits per heavy atom. The van der Waals surface area contributed by atoms with Crippen LogP contribution in [0.2, 0.25) is 0 Å². The lowest BCUT2D eigenvalue weighted by molar-refractivity contribution is 0.0525. The van der Waals surface area contributed by atoms with Crippen LogP contribution in [0.4, 0.5) is 0 Å². The number of hydrogen-bond donors (Lipinski definition) is 0. The minimum absolute atomic E-state index is 0.349. The maximum atomic E-state index is 11.6. The first-order valence-electron chi connectivity index (χ1n) is 5.79. The van der Waals surface area contributed by atoms with Gasteiger partial charge in [-0.05, 0) is 32.9 Å². The average Bonchev–Trinajstić information content (AvgIpc) is 2.30. The highest BCUT2D eigenvalue weighted by atomic mass is 16.5. The van der Waals surface area contributed by atoms with Gasteiger partial charge in [0, 0.05) is 6.07 Å². The largest absolute Gasteiger partial charge is 0.494 e. The predicted molar refractivity (Wildman–Crippen MR) is 64.7 cm³/mol. The van der Waals surface area contributed by atoms with E-state index < -0.39 is 0 Å². The Balaban J connectivity index is 2.98. The Hall–Kier alpha value is -1.71. The summed E-state index contributed by atoms with van der Waals surface area (Å²) in [5.74, 6) is 0.859. The van der Waals surface area contributed by atoms with Crippen LogP contribution >= 0.6 is 0 Å². The Morgan fingerprint density at radius 2 is 1.47 bits per heavy atom. The van der Waals surface area contributed by atoms with Crippen LogP contribution in [0, 0.1) is 0 Å². The van der Waals surface area contributed by atoms with Crippen molar-refractivity contribution < 1.29 is 19.0 Å². The first-order valence-corrected chi connectivity index (χ1v) is 5.79. The van der Waals surface area contributed by atoms with Crippen molar-refractivity contribution in [1.29, 1.82) is 0 Å². The highest BCUT2D eigenvalue weighted by molar-refractivity contribution is 5.90. The maximum absolute atomic E-state index is 11.6. The number of rotatable bonds is 6. The van der Waals surface area contributed by atoms with E-state index in [1.807, 2.05) is 13.8 Å². The number of hydrogen-bond acceptors (Lipinski definition) is 4. The van der Waals surface area contributed by atoms with E-state index in [1.165, 1.54) is 0 Å². The van der Waals surface area contributed by atoms with Gasteiger partial charge in [0.2, 0.25) is 0 Å². The minimum atomic E-state index is -0.366. The zero-order valence-corrected chi connectivity index (χ0v) is 10.5. The molecule has 0 aliphatic heterocycles. The van der Waals surface area contributed by atoms with Crippen molar-refractivity contribution >= 4 is 5.97 Å². The van der Waals surface area contributed by atoms with E-state index in [0.29, 0.717) is 36.9 Å². The number of carbonyl (C=O) groups excluding carboxylic acids is 1. The zero-order valence-electron chi connectivity index (χ0n) is 10.5. The first kappa shape index (κ1) is 13.4. The van der Waals surface area contributed by atoms with Crippen LogP contribution in [0.25, 0.3) is 0 Å². The van der Waals surface area contributed by atoms with E-state index in [-0.39, 0.29) is 5.97 Å². The van der Waals surface area contributed by atoms with Gasteiger partial charge in [-0.25, -0.2) is 4.79 Å². The zero-order chi connectivity index (χ0) is 12.7. The summed E-state index contributed by atoms with van der Waals surface area (Å²) in [6.45, 7) is 6.97. The Labute approximate surface area is 101 Å². The van der Waals surface area contributed by atoms with Crippen LogP contribution in [0.1, 0.15) is 31.1 Å². The predicted octanol–water partition coefficient (Wildman–Crippen LogP) is 2.66. The number of esters is 1. The van der Waals surface area contributed by atoms with Crippen molar-refractivity contribution in [2.45, 2.75) is 20.8 Å². The molecule has 1 rings (SSSR count). The second-order valence-corrected chi connectivity index (χ2v) is 3.28. The molecule has 0 saturated carbocycles. The number of benzene rings is 1. The minimum Gasteiger partial charge on any atom is -0.494 e. The summed E-state index contributed by atoms with van der Waals surface area (Å²) < 4.78 is 15.7. The summed E-state index contributed by atoms with van der Waals surface area (Å²) in [5.41, 5.74) is 0.446. The molecule has 0 heterocycles. The van der Waals surface area contributed by atoms with Crippen molar-refractivity contribution in [1.82, 2.24) is 0 Å². The van der Waals surface area contributed by atoms with Crippen LogP contribution in [-0.2, 0) is 4.74 Å². The van der Waals surface area contributed by atoms with E-state index in [9.17, 15) is 4.79 Å². The van der Waals surface area contributed by atoms with Gasteiger partial charge < -0.3 is 14.2 Å². The van der Waals surface area contributed by atoms with Crippen molar-refractivity contribution in [3.63, 3.8) is 0 Å². The van der Waals surface area contributed by atoms with E-state index in [4.69, 9.17) is 14.2 Å². The lowest BCUT2D eigenvalue weighted by Crippen LogP contribution is -2.06. The molecule has 1 aromatic rings. The third-order valence-corrected chi connectivity index (χ3v) is 2.01. The summed E-state index contributed by atoms with van der Waals surface area (Å²) in [7, 11) is 0. The molecule has 0 aliphatic carbocycles. The second-order valence-electron chi connectivity index (χ2n) is 3.28. The van der Waals surface area contributed by atoms with Crippen LogP contribution in [0.3, 0.4) is 0 Å². The summed E-state index contributed by atoms with van der Waals surface area (Å²) in [4.78, 5) is 11.6. The first-order chi connectivity index (χ1) is 8.21. The van der Waals surface area contributed by atoms with Gasteiger partial charge in [-0.15, -0.1) is 0 Å². The molecule has 0 fully saturated rings. The van der Waals surface area contributed by atoms with Gasteiger partial charge in [0.25, 0.3) is 0 Å². The van der Waals surface area contributed by atoms with Gasteiger partial charge in [-0.1, -0.05) is 0 Å². The quantitative estimate of drug-likeness (QED) is 0.715. The molecule has 0 aliphatic rings.